The molecule has 3 heteroatoms. The van der Waals surface area contributed by atoms with Gasteiger partial charge in [0.25, 0.3) is 5.91 Å². The lowest BCUT2D eigenvalue weighted by atomic mass is 10.2. The molecule has 0 unspecified atom stereocenters. The van der Waals surface area contributed by atoms with E-state index in [1.54, 1.807) is 19.0 Å². The Morgan fingerprint density at radius 1 is 1.21 bits per heavy atom. The van der Waals surface area contributed by atoms with E-state index in [9.17, 15) is 4.79 Å². The Morgan fingerprint density at radius 3 is 2.00 bits per heavy atom. The molecule has 0 atom stereocenters. The third-order valence-electron chi connectivity index (χ3n) is 1.43. The van der Waals surface area contributed by atoms with Crippen molar-refractivity contribution in [2.75, 3.05) is 14.1 Å². The molecule has 0 saturated carbocycles. The molecule has 0 heterocycles. The number of carbonyl (C=O) groups is 2. The van der Waals surface area contributed by atoms with Crippen molar-refractivity contribution in [3.63, 3.8) is 0 Å². The van der Waals surface area contributed by atoms with E-state index in [0.29, 0.717) is 0 Å². The fourth-order valence-corrected chi connectivity index (χ4v) is 0.839. The SMILES string of the molecule is CC=O.CN(C)C(=O)c1ccccc1. The molecule has 0 aliphatic rings. The van der Waals surface area contributed by atoms with E-state index in [4.69, 9.17) is 4.79 Å². The summed E-state index contributed by atoms with van der Waals surface area (Å²) in [5.74, 6) is 0.0469. The standard InChI is InChI=1S/C9H11NO.C2H4O/c1-10(2)9(11)8-6-4-3-5-7-8;1-2-3/h3-7H,1-2H3;2H,1H3. The molecule has 0 radical (unpaired) electrons. The number of hydrogen-bond acceptors (Lipinski definition) is 2. The number of carbonyl (C=O) groups excluding carboxylic acids is 2. The lowest BCUT2D eigenvalue weighted by Gasteiger charge is -2.08. The fourth-order valence-electron chi connectivity index (χ4n) is 0.839. The Kier molecular flexibility index (Phi) is 6.03. The normalized spacial score (nSPS) is 8.21. The summed E-state index contributed by atoms with van der Waals surface area (Å²) in [7, 11) is 3.49. The summed E-state index contributed by atoms with van der Waals surface area (Å²) >= 11 is 0. The van der Waals surface area contributed by atoms with Crippen LogP contribution in [0.1, 0.15) is 17.3 Å². The monoisotopic (exact) mass is 193 g/mol. The van der Waals surface area contributed by atoms with Gasteiger partial charge in [-0.05, 0) is 19.1 Å². The van der Waals surface area contributed by atoms with Crippen molar-refractivity contribution in [2.45, 2.75) is 6.92 Å². The van der Waals surface area contributed by atoms with Gasteiger partial charge in [0.2, 0.25) is 0 Å². The molecule has 1 amide bonds. The first kappa shape index (κ1) is 12.4. The Bertz CT molecular complexity index is 281. The van der Waals surface area contributed by atoms with Gasteiger partial charge in [-0.3, -0.25) is 4.79 Å². The second kappa shape index (κ2) is 6.83. The molecule has 0 aliphatic carbocycles. The quantitative estimate of drug-likeness (QED) is 0.635. The van der Waals surface area contributed by atoms with Gasteiger partial charge in [0.05, 0.1) is 0 Å². The first-order valence-corrected chi connectivity index (χ1v) is 4.30. The van der Waals surface area contributed by atoms with Crippen molar-refractivity contribution in [3.05, 3.63) is 35.9 Å². The van der Waals surface area contributed by atoms with Crippen LogP contribution in [0.3, 0.4) is 0 Å². The van der Waals surface area contributed by atoms with E-state index in [1.165, 1.54) is 6.92 Å². The molecule has 0 fully saturated rings. The zero-order valence-electron chi connectivity index (χ0n) is 8.73. The highest BCUT2D eigenvalue weighted by Crippen LogP contribution is 2.00. The Morgan fingerprint density at radius 2 is 1.64 bits per heavy atom. The maximum absolute atomic E-state index is 11.3. The number of hydrogen-bond donors (Lipinski definition) is 0. The molecule has 76 valence electrons. The van der Waals surface area contributed by atoms with E-state index in [1.807, 2.05) is 30.3 Å². The number of aldehydes is 1. The summed E-state index contributed by atoms with van der Waals surface area (Å²) in [6.45, 7) is 1.44. The van der Waals surface area contributed by atoms with Crippen LogP contribution in [0.25, 0.3) is 0 Å². The first-order chi connectivity index (χ1) is 6.63. The van der Waals surface area contributed by atoms with Crippen LogP contribution < -0.4 is 0 Å². The molecule has 0 bridgehead atoms. The Labute approximate surface area is 84.3 Å². The summed E-state index contributed by atoms with van der Waals surface area (Å²) in [4.78, 5) is 21.6. The van der Waals surface area contributed by atoms with Gasteiger partial charge < -0.3 is 9.69 Å². The van der Waals surface area contributed by atoms with E-state index in [0.717, 1.165) is 11.8 Å². The van der Waals surface area contributed by atoms with E-state index < -0.39 is 0 Å². The highest BCUT2D eigenvalue weighted by atomic mass is 16.2. The molecule has 0 saturated heterocycles. The van der Waals surface area contributed by atoms with Gasteiger partial charge in [-0.1, -0.05) is 18.2 Å². The van der Waals surface area contributed by atoms with Gasteiger partial charge in [0, 0.05) is 19.7 Å². The third-order valence-corrected chi connectivity index (χ3v) is 1.43. The van der Waals surface area contributed by atoms with E-state index in [2.05, 4.69) is 0 Å². The van der Waals surface area contributed by atoms with Crippen LogP contribution in [0, 0.1) is 0 Å². The van der Waals surface area contributed by atoms with Crippen LogP contribution in [0.4, 0.5) is 0 Å². The minimum atomic E-state index is 0.0469. The topological polar surface area (TPSA) is 37.4 Å². The minimum Gasteiger partial charge on any atom is -0.345 e. The smallest absolute Gasteiger partial charge is 0.253 e. The zero-order valence-corrected chi connectivity index (χ0v) is 8.73. The molecule has 0 spiro atoms. The van der Waals surface area contributed by atoms with Crippen LogP contribution in [-0.2, 0) is 4.79 Å². The second-order valence-corrected chi connectivity index (χ2v) is 2.80. The average Bonchev–Trinajstić information content (AvgIpc) is 2.19. The fraction of sp³-hybridized carbons (Fsp3) is 0.273. The number of amides is 1. The molecule has 1 rings (SSSR count). The van der Waals surface area contributed by atoms with Crippen molar-refractivity contribution in [1.29, 1.82) is 0 Å². The number of nitrogens with zero attached hydrogens (tertiary/aromatic N) is 1. The van der Waals surface area contributed by atoms with Crippen molar-refractivity contribution < 1.29 is 9.59 Å². The lowest BCUT2D eigenvalue weighted by molar-refractivity contribution is -0.106. The summed E-state index contributed by atoms with van der Waals surface area (Å²) < 4.78 is 0. The zero-order chi connectivity index (χ0) is 11.0. The molecule has 0 N–H and O–H groups in total. The predicted molar refractivity (Wildman–Crippen MR) is 56.2 cm³/mol. The van der Waals surface area contributed by atoms with Crippen molar-refractivity contribution >= 4 is 12.2 Å². The first-order valence-electron chi connectivity index (χ1n) is 4.30. The maximum atomic E-state index is 11.3. The molecule has 1 aromatic carbocycles. The molecule has 1 aromatic rings. The summed E-state index contributed by atoms with van der Waals surface area (Å²) in [5.41, 5.74) is 0.734. The van der Waals surface area contributed by atoms with Crippen molar-refractivity contribution in [1.82, 2.24) is 4.90 Å². The van der Waals surface area contributed by atoms with Gasteiger partial charge in [-0.2, -0.15) is 0 Å². The van der Waals surface area contributed by atoms with Crippen LogP contribution in [0.2, 0.25) is 0 Å². The highest BCUT2D eigenvalue weighted by Gasteiger charge is 2.04. The second-order valence-electron chi connectivity index (χ2n) is 2.80. The third kappa shape index (κ3) is 4.40. The van der Waals surface area contributed by atoms with Crippen LogP contribution in [0.5, 0.6) is 0 Å². The molecular formula is C11H15NO2. The van der Waals surface area contributed by atoms with Crippen LogP contribution >= 0.6 is 0 Å². The van der Waals surface area contributed by atoms with Crippen molar-refractivity contribution in [2.24, 2.45) is 0 Å². The van der Waals surface area contributed by atoms with Gasteiger partial charge in [-0.25, -0.2) is 0 Å². The lowest BCUT2D eigenvalue weighted by Crippen LogP contribution is -2.21. The van der Waals surface area contributed by atoms with Gasteiger partial charge in [0.1, 0.15) is 6.29 Å². The summed E-state index contributed by atoms with van der Waals surface area (Å²) in [5, 5.41) is 0. The largest absolute Gasteiger partial charge is 0.345 e. The van der Waals surface area contributed by atoms with Gasteiger partial charge >= 0.3 is 0 Å². The average molecular weight is 193 g/mol. The Hall–Kier alpha value is -1.64. The predicted octanol–water partition coefficient (Wildman–Crippen LogP) is 1.59. The van der Waals surface area contributed by atoms with Crippen molar-refractivity contribution in [3.8, 4) is 0 Å². The van der Waals surface area contributed by atoms with Gasteiger partial charge in [0.15, 0.2) is 0 Å². The highest BCUT2D eigenvalue weighted by molar-refractivity contribution is 5.93. The van der Waals surface area contributed by atoms with E-state index >= 15 is 0 Å². The molecule has 0 aliphatic heterocycles. The molecule has 0 aromatic heterocycles. The van der Waals surface area contributed by atoms with Crippen LogP contribution in [-0.4, -0.2) is 31.2 Å². The number of benzene rings is 1. The van der Waals surface area contributed by atoms with Gasteiger partial charge in [-0.15, -0.1) is 0 Å². The summed E-state index contributed by atoms with van der Waals surface area (Å²) in [6, 6.07) is 9.23. The molecule has 3 nitrogen and oxygen atoms in total. The van der Waals surface area contributed by atoms with E-state index in [-0.39, 0.29) is 5.91 Å². The molecular weight excluding hydrogens is 178 g/mol. The summed E-state index contributed by atoms with van der Waals surface area (Å²) in [6.07, 6.45) is 0.750. The van der Waals surface area contributed by atoms with Crippen LogP contribution in [0.15, 0.2) is 30.3 Å². The maximum Gasteiger partial charge on any atom is 0.253 e. The molecule has 14 heavy (non-hydrogen) atoms. The minimum absolute atomic E-state index is 0.0469. The number of rotatable bonds is 1. The Balaban J connectivity index is 0.000000500.